The van der Waals surface area contributed by atoms with E-state index in [-0.39, 0.29) is 11.8 Å². The van der Waals surface area contributed by atoms with Gasteiger partial charge in [-0.25, -0.2) is 4.98 Å². The zero-order chi connectivity index (χ0) is 24.4. The van der Waals surface area contributed by atoms with E-state index < -0.39 is 0 Å². The summed E-state index contributed by atoms with van der Waals surface area (Å²) in [5.74, 6) is -0.592. The topological polar surface area (TPSA) is 102 Å². The number of benzene rings is 2. The molecule has 0 radical (unpaired) electrons. The highest BCUT2D eigenvalue weighted by Gasteiger charge is 2.20. The third-order valence-electron chi connectivity index (χ3n) is 5.60. The van der Waals surface area contributed by atoms with Gasteiger partial charge in [0.2, 0.25) is 0 Å². The Bertz CT molecular complexity index is 1540. The highest BCUT2D eigenvalue weighted by Crippen LogP contribution is 2.27. The number of carbonyl (C=O) groups is 2. The summed E-state index contributed by atoms with van der Waals surface area (Å²) < 4.78 is 1.68. The van der Waals surface area contributed by atoms with E-state index in [9.17, 15) is 9.59 Å². The van der Waals surface area contributed by atoms with Gasteiger partial charge in [0.25, 0.3) is 11.8 Å². The van der Waals surface area contributed by atoms with Crippen molar-refractivity contribution in [2.75, 3.05) is 10.6 Å². The van der Waals surface area contributed by atoms with Gasteiger partial charge in [0.15, 0.2) is 5.65 Å². The van der Waals surface area contributed by atoms with Gasteiger partial charge in [-0.1, -0.05) is 36.4 Å². The van der Waals surface area contributed by atoms with E-state index in [1.165, 1.54) is 0 Å². The number of carbonyl (C=O) groups excluding carboxylic acids is 2. The van der Waals surface area contributed by atoms with Crippen molar-refractivity contribution in [3.63, 3.8) is 0 Å². The van der Waals surface area contributed by atoms with Crippen LogP contribution >= 0.6 is 0 Å². The first-order valence-corrected chi connectivity index (χ1v) is 11.0. The minimum absolute atomic E-state index is 0.284. The van der Waals surface area contributed by atoms with Gasteiger partial charge in [-0.3, -0.25) is 19.3 Å². The molecule has 0 aliphatic carbocycles. The molecule has 2 amide bonds. The van der Waals surface area contributed by atoms with Crippen LogP contribution in [0.25, 0.3) is 22.3 Å². The average Bonchev–Trinajstić information content (AvgIpc) is 3.18. The fourth-order valence-corrected chi connectivity index (χ4v) is 3.96. The second-order valence-corrected chi connectivity index (χ2v) is 8.05. The molecular weight excluding hydrogens is 440 g/mol. The van der Waals surface area contributed by atoms with Crippen LogP contribution in [-0.4, -0.2) is 31.6 Å². The summed E-state index contributed by atoms with van der Waals surface area (Å²) in [5, 5.41) is 10.9. The number of nitrogens with zero attached hydrogens (tertiary/aromatic N) is 4. The molecule has 5 rings (SSSR count). The van der Waals surface area contributed by atoms with E-state index in [1.807, 2.05) is 44.3 Å². The molecule has 0 unspecified atom stereocenters. The van der Waals surface area contributed by atoms with E-state index in [0.29, 0.717) is 44.9 Å². The predicted octanol–water partition coefficient (Wildman–Crippen LogP) is 4.84. The molecule has 0 aliphatic rings. The van der Waals surface area contributed by atoms with Crippen molar-refractivity contribution in [3.8, 4) is 11.3 Å². The molecule has 0 aliphatic heterocycles. The van der Waals surface area contributed by atoms with Crippen molar-refractivity contribution in [2.24, 2.45) is 7.05 Å². The molecule has 8 heteroatoms. The summed E-state index contributed by atoms with van der Waals surface area (Å²) in [4.78, 5) is 34.8. The van der Waals surface area contributed by atoms with Crippen LogP contribution in [0.3, 0.4) is 0 Å². The number of aryl methyl sites for hydroxylation is 2. The number of nitrogens with one attached hydrogen (secondary N) is 2. The maximum absolute atomic E-state index is 13.5. The third kappa shape index (κ3) is 4.49. The Balaban J connectivity index is 1.47. The third-order valence-corrected chi connectivity index (χ3v) is 5.60. The maximum atomic E-state index is 13.5. The molecular formula is C27H22N6O2. The lowest BCUT2D eigenvalue weighted by Crippen LogP contribution is -2.15. The van der Waals surface area contributed by atoms with Crippen molar-refractivity contribution < 1.29 is 9.59 Å². The summed E-state index contributed by atoms with van der Waals surface area (Å²) in [7, 11) is 1.81. The molecule has 172 valence electrons. The van der Waals surface area contributed by atoms with Gasteiger partial charge < -0.3 is 10.6 Å². The highest BCUT2D eigenvalue weighted by molar-refractivity contribution is 6.14. The van der Waals surface area contributed by atoms with Gasteiger partial charge in [-0.15, -0.1) is 0 Å². The molecule has 0 saturated carbocycles. The van der Waals surface area contributed by atoms with E-state index >= 15 is 0 Å². The second-order valence-electron chi connectivity index (χ2n) is 8.05. The standard InChI is InChI=1S/C27H22N6O2/c1-17-24-22(16-23(18-7-4-3-5-8-18)31-25(24)33(2)32-17)27(35)30-21-10-6-9-19(15-21)26(34)29-20-11-13-28-14-12-20/h3-16H,1-2H3,(H,30,35)(H,28,29,34). The summed E-state index contributed by atoms with van der Waals surface area (Å²) >= 11 is 0. The minimum atomic E-state index is -0.308. The number of aromatic nitrogens is 4. The first-order chi connectivity index (χ1) is 17.0. The molecule has 35 heavy (non-hydrogen) atoms. The first-order valence-electron chi connectivity index (χ1n) is 11.0. The Kier molecular flexibility index (Phi) is 5.76. The molecule has 0 spiro atoms. The predicted molar refractivity (Wildman–Crippen MR) is 135 cm³/mol. The van der Waals surface area contributed by atoms with Crippen LogP contribution in [0.2, 0.25) is 0 Å². The molecule has 5 aromatic rings. The van der Waals surface area contributed by atoms with Crippen LogP contribution in [-0.2, 0) is 7.05 Å². The van der Waals surface area contributed by atoms with Crippen molar-refractivity contribution in [3.05, 3.63) is 102 Å². The van der Waals surface area contributed by atoms with Crippen LogP contribution in [0.4, 0.5) is 11.4 Å². The lowest BCUT2D eigenvalue weighted by Gasteiger charge is -2.11. The first kappa shape index (κ1) is 22.0. The summed E-state index contributed by atoms with van der Waals surface area (Å²) in [5.41, 5.74) is 4.94. The largest absolute Gasteiger partial charge is 0.322 e. The summed E-state index contributed by atoms with van der Waals surface area (Å²) in [6, 6.07) is 21.7. The number of pyridine rings is 2. The Morgan fingerprint density at radius 2 is 1.57 bits per heavy atom. The van der Waals surface area contributed by atoms with Gasteiger partial charge in [0, 0.05) is 41.9 Å². The number of hydrogen-bond acceptors (Lipinski definition) is 5. The number of rotatable bonds is 5. The van der Waals surface area contributed by atoms with Crippen LogP contribution in [0, 0.1) is 6.92 Å². The van der Waals surface area contributed by atoms with Crippen molar-refractivity contribution in [1.29, 1.82) is 0 Å². The molecule has 2 N–H and O–H groups in total. The maximum Gasteiger partial charge on any atom is 0.256 e. The fraction of sp³-hybridized carbons (Fsp3) is 0.0741. The molecule has 3 aromatic heterocycles. The Morgan fingerprint density at radius 3 is 2.34 bits per heavy atom. The van der Waals surface area contributed by atoms with E-state index in [0.717, 1.165) is 5.56 Å². The molecule has 3 heterocycles. The molecule has 2 aromatic carbocycles. The number of amides is 2. The zero-order valence-electron chi connectivity index (χ0n) is 19.2. The molecule has 0 atom stereocenters. The summed E-state index contributed by atoms with van der Waals surface area (Å²) in [6.45, 7) is 1.85. The van der Waals surface area contributed by atoms with Crippen LogP contribution in [0.15, 0.2) is 85.2 Å². The van der Waals surface area contributed by atoms with Crippen LogP contribution in [0.5, 0.6) is 0 Å². The fourth-order valence-electron chi connectivity index (χ4n) is 3.96. The lowest BCUT2D eigenvalue weighted by molar-refractivity contribution is 0.101. The van der Waals surface area contributed by atoms with Gasteiger partial charge >= 0.3 is 0 Å². The van der Waals surface area contributed by atoms with Gasteiger partial charge in [-0.05, 0) is 43.3 Å². The van der Waals surface area contributed by atoms with Crippen LogP contribution < -0.4 is 10.6 Å². The monoisotopic (exact) mass is 462 g/mol. The SMILES string of the molecule is Cc1nn(C)c2nc(-c3ccccc3)cc(C(=O)Nc3cccc(C(=O)Nc4ccncc4)c3)c12. The van der Waals surface area contributed by atoms with E-state index in [1.54, 1.807) is 59.5 Å². The lowest BCUT2D eigenvalue weighted by atomic mass is 10.0. The quantitative estimate of drug-likeness (QED) is 0.389. The van der Waals surface area contributed by atoms with Crippen molar-refractivity contribution >= 4 is 34.2 Å². The van der Waals surface area contributed by atoms with Gasteiger partial charge in [0.1, 0.15) is 0 Å². The normalized spacial score (nSPS) is 10.8. The second kappa shape index (κ2) is 9.18. The summed E-state index contributed by atoms with van der Waals surface area (Å²) in [6.07, 6.45) is 3.21. The molecule has 0 fully saturated rings. The van der Waals surface area contributed by atoms with E-state index in [2.05, 4.69) is 20.7 Å². The highest BCUT2D eigenvalue weighted by atomic mass is 16.2. The van der Waals surface area contributed by atoms with Crippen molar-refractivity contribution in [2.45, 2.75) is 6.92 Å². The molecule has 0 saturated heterocycles. The Hall–Kier alpha value is -4.85. The molecule has 0 bridgehead atoms. The van der Waals surface area contributed by atoms with Crippen LogP contribution in [0.1, 0.15) is 26.4 Å². The average molecular weight is 463 g/mol. The number of anilines is 2. The van der Waals surface area contributed by atoms with E-state index in [4.69, 9.17) is 4.98 Å². The van der Waals surface area contributed by atoms with Gasteiger partial charge in [-0.2, -0.15) is 5.10 Å². The Labute approximate surface area is 201 Å². The van der Waals surface area contributed by atoms with Crippen molar-refractivity contribution in [1.82, 2.24) is 19.7 Å². The number of hydrogen-bond donors (Lipinski definition) is 2. The smallest absolute Gasteiger partial charge is 0.256 e. The Morgan fingerprint density at radius 1 is 0.829 bits per heavy atom. The minimum Gasteiger partial charge on any atom is -0.322 e. The number of fused-ring (bicyclic) bond motifs is 1. The van der Waals surface area contributed by atoms with Gasteiger partial charge in [0.05, 0.1) is 22.3 Å². The zero-order valence-corrected chi connectivity index (χ0v) is 19.2. The molecule has 8 nitrogen and oxygen atoms in total.